The van der Waals surface area contributed by atoms with Crippen LogP contribution in [0.5, 0.6) is 5.75 Å². The molecule has 0 amide bonds. The zero-order valence-electron chi connectivity index (χ0n) is 17.5. The quantitative estimate of drug-likeness (QED) is 0.366. The lowest BCUT2D eigenvalue weighted by Gasteiger charge is -2.10. The molecule has 1 aromatic heterocycles. The van der Waals surface area contributed by atoms with E-state index in [0.717, 1.165) is 33.7 Å². The molecule has 150 valence electrons. The van der Waals surface area contributed by atoms with Gasteiger partial charge in [-0.1, -0.05) is 66.6 Å². The maximum absolute atomic E-state index is 5.97. The highest BCUT2D eigenvalue weighted by molar-refractivity contribution is 5.80. The van der Waals surface area contributed by atoms with Crippen molar-refractivity contribution in [2.24, 2.45) is 0 Å². The van der Waals surface area contributed by atoms with Crippen molar-refractivity contribution >= 4 is 5.57 Å². The molecule has 0 N–H and O–H groups in total. The van der Waals surface area contributed by atoms with E-state index in [0.29, 0.717) is 6.61 Å². The van der Waals surface area contributed by atoms with Crippen molar-refractivity contribution in [2.45, 2.75) is 6.92 Å². The monoisotopic (exact) mass is 401 g/mol. The number of rotatable bonds is 5. The number of hydrogen-bond donors (Lipinski definition) is 0. The van der Waals surface area contributed by atoms with Gasteiger partial charge in [-0.05, 0) is 77.6 Å². The van der Waals surface area contributed by atoms with Gasteiger partial charge in [-0.3, -0.25) is 0 Å². The number of aromatic nitrogens is 1. The normalized spacial score (nSPS) is 10.8. The SMILES string of the molecule is Cc1cccc(OC/C=C(\c2ccccc2)c2ccc(C#Cc3ccccn3)cc2)c1. The molecule has 0 radical (unpaired) electrons. The minimum Gasteiger partial charge on any atom is -0.490 e. The average Bonchev–Trinajstić information content (AvgIpc) is 2.82. The van der Waals surface area contributed by atoms with Gasteiger partial charge >= 0.3 is 0 Å². The number of pyridine rings is 1. The summed E-state index contributed by atoms with van der Waals surface area (Å²) in [7, 11) is 0. The summed E-state index contributed by atoms with van der Waals surface area (Å²) in [5.41, 5.74) is 6.33. The molecule has 0 saturated heterocycles. The van der Waals surface area contributed by atoms with Crippen LogP contribution < -0.4 is 4.74 Å². The Hall–Kier alpha value is -4.09. The van der Waals surface area contributed by atoms with Crippen molar-refractivity contribution in [2.75, 3.05) is 6.61 Å². The third-order valence-corrected chi connectivity index (χ3v) is 4.81. The highest BCUT2D eigenvalue weighted by Gasteiger charge is 2.05. The summed E-state index contributed by atoms with van der Waals surface area (Å²) in [6, 6.07) is 32.5. The van der Waals surface area contributed by atoms with Gasteiger partial charge < -0.3 is 4.74 Å². The minimum atomic E-state index is 0.495. The predicted octanol–water partition coefficient (Wildman–Crippen LogP) is 6.30. The topological polar surface area (TPSA) is 22.1 Å². The third-order valence-electron chi connectivity index (χ3n) is 4.81. The van der Waals surface area contributed by atoms with Crippen LogP contribution in [-0.2, 0) is 0 Å². The molecule has 0 aliphatic carbocycles. The van der Waals surface area contributed by atoms with E-state index < -0.39 is 0 Å². The Morgan fingerprint density at radius 1 is 0.806 bits per heavy atom. The fourth-order valence-electron chi connectivity index (χ4n) is 3.25. The van der Waals surface area contributed by atoms with Gasteiger partial charge in [0.2, 0.25) is 0 Å². The third kappa shape index (κ3) is 5.72. The summed E-state index contributed by atoms with van der Waals surface area (Å²) in [6.07, 6.45) is 3.88. The van der Waals surface area contributed by atoms with Gasteiger partial charge in [0.25, 0.3) is 0 Å². The van der Waals surface area contributed by atoms with E-state index in [-0.39, 0.29) is 0 Å². The van der Waals surface area contributed by atoms with Crippen molar-refractivity contribution in [3.8, 4) is 17.6 Å². The van der Waals surface area contributed by atoms with Gasteiger partial charge in [-0.2, -0.15) is 0 Å². The van der Waals surface area contributed by atoms with Crippen LogP contribution in [0.2, 0.25) is 0 Å². The van der Waals surface area contributed by atoms with E-state index in [4.69, 9.17) is 4.74 Å². The molecule has 4 aromatic rings. The van der Waals surface area contributed by atoms with Crippen molar-refractivity contribution in [3.05, 3.63) is 137 Å². The zero-order valence-corrected chi connectivity index (χ0v) is 17.5. The van der Waals surface area contributed by atoms with Crippen molar-refractivity contribution in [1.82, 2.24) is 4.98 Å². The number of benzene rings is 3. The molecular weight excluding hydrogens is 378 g/mol. The van der Waals surface area contributed by atoms with E-state index >= 15 is 0 Å². The van der Waals surface area contributed by atoms with Gasteiger partial charge in [0, 0.05) is 11.8 Å². The van der Waals surface area contributed by atoms with Gasteiger partial charge in [0.05, 0.1) is 0 Å². The van der Waals surface area contributed by atoms with Crippen LogP contribution in [0.15, 0.2) is 109 Å². The fraction of sp³-hybridized carbons (Fsp3) is 0.0690. The number of hydrogen-bond acceptors (Lipinski definition) is 2. The molecule has 0 aliphatic rings. The van der Waals surface area contributed by atoms with Crippen LogP contribution in [0.3, 0.4) is 0 Å². The number of nitrogens with zero attached hydrogens (tertiary/aromatic N) is 1. The first-order valence-electron chi connectivity index (χ1n) is 10.3. The summed E-state index contributed by atoms with van der Waals surface area (Å²) in [4.78, 5) is 4.25. The molecule has 0 spiro atoms. The second kappa shape index (κ2) is 10.1. The Kier molecular flexibility index (Phi) is 6.58. The van der Waals surface area contributed by atoms with Crippen molar-refractivity contribution in [3.63, 3.8) is 0 Å². The first kappa shape index (κ1) is 20.2. The van der Waals surface area contributed by atoms with Crippen LogP contribution in [-0.4, -0.2) is 11.6 Å². The van der Waals surface area contributed by atoms with Gasteiger partial charge in [-0.15, -0.1) is 0 Å². The molecule has 4 rings (SSSR count). The lowest BCUT2D eigenvalue weighted by molar-refractivity contribution is 0.363. The van der Waals surface area contributed by atoms with E-state index in [1.807, 2.05) is 54.6 Å². The van der Waals surface area contributed by atoms with Crippen LogP contribution in [0.4, 0.5) is 0 Å². The molecule has 0 fully saturated rings. The molecule has 2 heteroatoms. The second-order valence-electron chi connectivity index (χ2n) is 7.15. The lowest BCUT2D eigenvalue weighted by Crippen LogP contribution is -1.97. The number of ether oxygens (including phenoxy) is 1. The van der Waals surface area contributed by atoms with Gasteiger partial charge in [0.1, 0.15) is 18.1 Å². The maximum atomic E-state index is 5.97. The largest absolute Gasteiger partial charge is 0.490 e. The molecule has 0 unspecified atom stereocenters. The molecule has 0 saturated carbocycles. The molecule has 3 aromatic carbocycles. The molecule has 0 atom stereocenters. The summed E-state index contributed by atoms with van der Waals surface area (Å²) in [6.45, 7) is 2.56. The Morgan fingerprint density at radius 2 is 1.58 bits per heavy atom. The first-order chi connectivity index (χ1) is 15.3. The van der Waals surface area contributed by atoms with Crippen LogP contribution in [0, 0.1) is 18.8 Å². The second-order valence-corrected chi connectivity index (χ2v) is 7.15. The Morgan fingerprint density at radius 3 is 2.32 bits per heavy atom. The molecule has 0 aliphatic heterocycles. The Labute approximate surface area is 183 Å². The van der Waals surface area contributed by atoms with E-state index in [1.165, 1.54) is 5.56 Å². The van der Waals surface area contributed by atoms with E-state index in [9.17, 15) is 0 Å². The molecule has 1 heterocycles. The molecule has 31 heavy (non-hydrogen) atoms. The number of aryl methyl sites for hydroxylation is 1. The van der Waals surface area contributed by atoms with Gasteiger partial charge in [-0.25, -0.2) is 4.98 Å². The van der Waals surface area contributed by atoms with Crippen LogP contribution in [0.25, 0.3) is 5.57 Å². The van der Waals surface area contributed by atoms with Gasteiger partial charge in [0.15, 0.2) is 0 Å². The minimum absolute atomic E-state index is 0.495. The fourth-order valence-corrected chi connectivity index (χ4v) is 3.25. The Bertz CT molecular complexity index is 1210. The average molecular weight is 402 g/mol. The van der Waals surface area contributed by atoms with Crippen LogP contribution in [0.1, 0.15) is 27.9 Å². The van der Waals surface area contributed by atoms with Crippen molar-refractivity contribution < 1.29 is 4.74 Å². The maximum Gasteiger partial charge on any atom is 0.120 e. The Balaban J connectivity index is 1.56. The van der Waals surface area contributed by atoms with Crippen molar-refractivity contribution in [1.29, 1.82) is 0 Å². The van der Waals surface area contributed by atoms with Crippen LogP contribution >= 0.6 is 0 Å². The molecule has 2 nitrogen and oxygen atoms in total. The smallest absolute Gasteiger partial charge is 0.120 e. The van der Waals surface area contributed by atoms with E-state index in [1.54, 1.807) is 6.20 Å². The highest BCUT2D eigenvalue weighted by Crippen LogP contribution is 2.24. The lowest BCUT2D eigenvalue weighted by atomic mass is 9.97. The predicted molar refractivity (Wildman–Crippen MR) is 127 cm³/mol. The summed E-state index contributed by atoms with van der Waals surface area (Å²) >= 11 is 0. The highest BCUT2D eigenvalue weighted by atomic mass is 16.5. The summed E-state index contributed by atoms with van der Waals surface area (Å²) in [5.74, 6) is 7.16. The summed E-state index contributed by atoms with van der Waals surface area (Å²) in [5, 5.41) is 0. The molecular formula is C29H23NO. The first-order valence-corrected chi connectivity index (χ1v) is 10.3. The standard InChI is InChI=1S/C29H23NO/c1-23-8-7-12-28(22-23)31-21-19-29(25-9-3-2-4-10-25)26-16-13-24(14-17-26)15-18-27-11-5-6-20-30-27/h2-14,16-17,19-20,22H,21H2,1H3/b29-19+. The zero-order chi connectivity index (χ0) is 21.3. The molecule has 0 bridgehead atoms. The summed E-state index contributed by atoms with van der Waals surface area (Å²) < 4.78 is 5.97. The van der Waals surface area contributed by atoms with E-state index in [2.05, 4.69) is 72.3 Å².